The van der Waals surface area contributed by atoms with Crippen LogP contribution in [0.1, 0.15) is 175 Å². The van der Waals surface area contributed by atoms with Crippen LogP contribution in [-0.2, 0) is 68.1 Å². The van der Waals surface area contributed by atoms with Crippen LogP contribution in [-0.4, -0.2) is 55.0 Å². The number of unbranched alkanes of at least 4 members (excludes halogenated alkanes) is 6. The number of aromatic hydroxyl groups is 3. The molecule has 326 valence electrons. The fourth-order valence-electron chi connectivity index (χ4n) is 6.67. The summed E-state index contributed by atoms with van der Waals surface area (Å²) in [6.07, 6.45) is 11.6. The van der Waals surface area contributed by atoms with Crippen LogP contribution in [0.15, 0.2) is 36.4 Å². The topological polar surface area (TPSA) is 116 Å². The SMILES string of the molecule is CCCCOCc1cc(C(c2cc(COCCCC)c(O)c(COCCCC)c2)c2cc(COCCCC)c(O)c(COCCCC)c2)cc(COCCCC)c1O. The van der Waals surface area contributed by atoms with Crippen molar-refractivity contribution in [2.24, 2.45) is 0 Å². The summed E-state index contributed by atoms with van der Waals surface area (Å²) in [6, 6.07) is 12.2. The van der Waals surface area contributed by atoms with Crippen molar-refractivity contribution >= 4 is 0 Å². The van der Waals surface area contributed by atoms with Crippen molar-refractivity contribution in [3.05, 3.63) is 86.5 Å². The third-order valence-electron chi connectivity index (χ3n) is 10.3. The minimum Gasteiger partial charge on any atom is -0.507 e. The van der Waals surface area contributed by atoms with Crippen molar-refractivity contribution < 1.29 is 43.7 Å². The van der Waals surface area contributed by atoms with Crippen molar-refractivity contribution in [3.8, 4) is 17.2 Å². The first-order valence-electron chi connectivity index (χ1n) is 22.3. The Kier molecular flexibility index (Phi) is 24.7. The molecule has 3 aromatic rings. The number of hydrogen-bond donors (Lipinski definition) is 3. The van der Waals surface area contributed by atoms with Gasteiger partial charge in [-0.05, 0) is 91.6 Å². The summed E-state index contributed by atoms with van der Waals surface area (Å²) < 4.78 is 36.7. The molecule has 9 heteroatoms. The first kappa shape index (κ1) is 49.2. The van der Waals surface area contributed by atoms with Gasteiger partial charge in [0, 0.05) is 78.9 Å². The summed E-state index contributed by atoms with van der Waals surface area (Å²) in [4.78, 5) is 0. The molecule has 0 amide bonds. The molecule has 0 fully saturated rings. The standard InChI is InChI=1S/C49H76O9/c1-7-13-19-53-31-40-25-37(26-41(47(40)50)32-54-20-14-8-2)46(38-27-42(33-55-21-15-9-3)48(51)43(28-38)34-56-22-16-10-4)39-29-44(35-57-23-17-11-5)49(52)45(30-39)36-58-24-18-12-6/h25-30,46,50-52H,7-24,31-36H2,1-6H3. The van der Waals surface area contributed by atoms with Gasteiger partial charge in [-0.2, -0.15) is 0 Å². The molecule has 0 spiro atoms. The second kappa shape index (κ2) is 29.1. The Morgan fingerprint density at radius 2 is 0.500 bits per heavy atom. The van der Waals surface area contributed by atoms with Crippen LogP contribution < -0.4 is 0 Å². The van der Waals surface area contributed by atoms with E-state index < -0.39 is 5.92 Å². The van der Waals surface area contributed by atoms with Gasteiger partial charge in [-0.15, -0.1) is 0 Å². The fraction of sp³-hybridized carbons (Fsp3) is 0.633. The van der Waals surface area contributed by atoms with Crippen LogP contribution >= 0.6 is 0 Å². The molecule has 0 heterocycles. The highest BCUT2D eigenvalue weighted by atomic mass is 16.5. The Labute approximate surface area is 350 Å². The molecule has 0 unspecified atom stereocenters. The van der Waals surface area contributed by atoms with Gasteiger partial charge in [-0.1, -0.05) is 80.1 Å². The molecule has 9 nitrogen and oxygen atoms in total. The van der Waals surface area contributed by atoms with E-state index in [1.54, 1.807) is 0 Å². The van der Waals surface area contributed by atoms with E-state index in [-0.39, 0.29) is 56.9 Å². The summed E-state index contributed by atoms with van der Waals surface area (Å²) in [5.41, 5.74) is 6.86. The maximum atomic E-state index is 11.7. The van der Waals surface area contributed by atoms with Crippen LogP contribution in [0, 0.1) is 0 Å². The predicted molar refractivity (Wildman–Crippen MR) is 233 cm³/mol. The lowest BCUT2D eigenvalue weighted by Crippen LogP contribution is -2.11. The van der Waals surface area contributed by atoms with E-state index in [9.17, 15) is 15.3 Å². The Balaban J connectivity index is 2.36. The van der Waals surface area contributed by atoms with Crippen molar-refractivity contribution in [1.29, 1.82) is 0 Å². The van der Waals surface area contributed by atoms with E-state index in [1.165, 1.54) is 0 Å². The molecule has 58 heavy (non-hydrogen) atoms. The van der Waals surface area contributed by atoms with Crippen LogP contribution in [0.5, 0.6) is 17.2 Å². The van der Waals surface area contributed by atoms with Crippen LogP contribution in [0.25, 0.3) is 0 Å². The van der Waals surface area contributed by atoms with Crippen molar-refractivity contribution in [3.63, 3.8) is 0 Å². The molecule has 0 radical (unpaired) electrons. The first-order valence-corrected chi connectivity index (χ1v) is 22.3. The van der Waals surface area contributed by atoms with Gasteiger partial charge in [-0.3, -0.25) is 0 Å². The monoisotopic (exact) mass is 809 g/mol. The third kappa shape index (κ3) is 16.5. The summed E-state index contributed by atoms with van der Waals surface area (Å²) in [7, 11) is 0. The molecule has 0 atom stereocenters. The Hall–Kier alpha value is -3.18. The van der Waals surface area contributed by atoms with E-state index in [0.29, 0.717) is 73.0 Å². The molecule has 0 saturated heterocycles. The molecule has 3 N–H and O–H groups in total. The first-order chi connectivity index (χ1) is 28.3. The molecule has 0 aliphatic heterocycles. The Morgan fingerprint density at radius 1 is 0.328 bits per heavy atom. The van der Waals surface area contributed by atoms with Crippen LogP contribution in [0.2, 0.25) is 0 Å². The largest absolute Gasteiger partial charge is 0.507 e. The normalized spacial score (nSPS) is 11.6. The van der Waals surface area contributed by atoms with Crippen molar-refractivity contribution in [2.45, 2.75) is 164 Å². The van der Waals surface area contributed by atoms with E-state index in [0.717, 1.165) is 93.7 Å². The molecule has 3 rings (SSSR count). The van der Waals surface area contributed by atoms with Gasteiger partial charge >= 0.3 is 0 Å². The van der Waals surface area contributed by atoms with Gasteiger partial charge in [0.2, 0.25) is 0 Å². The Morgan fingerprint density at radius 3 is 0.655 bits per heavy atom. The molecule has 0 aliphatic carbocycles. The second-order valence-electron chi connectivity index (χ2n) is 15.4. The van der Waals surface area contributed by atoms with E-state index in [1.807, 2.05) is 36.4 Å². The minimum atomic E-state index is -0.404. The zero-order chi connectivity index (χ0) is 42.0. The number of hydrogen-bond acceptors (Lipinski definition) is 9. The van der Waals surface area contributed by atoms with Gasteiger partial charge in [-0.25, -0.2) is 0 Å². The number of rotatable bonds is 33. The second-order valence-corrected chi connectivity index (χ2v) is 15.4. The fourth-order valence-corrected chi connectivity index (χ4v) is 6.67. The molecule has 0 aromatic heterocycles. The predicted octanol–water partition coefficient (Wildman–Crippen LogP) is 11.9. The summed E-state index contributed by atoms with van der Waals surface area (Å²) in [5.74, 6) is 0.129. The lowest BCUT2D eigenvalue weighted by Gasteiger charge is -2.25. The van der Waals surface area contributed by atoms with Gasteiger partial charge in [0.15, 0.2) is 0 Å². The lowest BCUT2D eigenvalue weighted by atomic mass is 9.81. The maximum Gasteiger partial charge on any atom is 0.126 e. The van der Waals surface area contributed by atoms with E-state index in [4.69, 9.17) is 28.4 Å². The third-order valence-corrected chi connectivity index (χ3v) is 10.3. The summed E-state index contributed by atoms with van der Waals surface area (Å²) >= 11 is 0. The van der Waals surface area contributed by atoms with E-state index in [2.05, 4.69) is 41.5 Å². The maximum absolute atomic E-state index is 11.7. The molecule has 0 saturated carbocycles. The quantitative estimate of drug-likeness (QED) is 0.0408. The zero-order valence-electron chi connectivity index (χ0n) is 36.8. The average molecular weight is 809 g/mol. The molecule has 0 bridgehead atoms. The molecular weight excluding hydrogens is 733 g/mol. The molecule has 0 aliphatic rings. The van der Waals surface area contributed by atoms with Gasteiger partial charge in [0.05, 0.1) is 39.6 Å². The molecular formula is C49H76O9. The lowest BCUT2D eigenvalue weighted by molar-refractivity contribution is 0.111. The smallest absolute Gasteiger partial charge is 0.126 e. The number of phenols is 3. The highest BCUT2D eigenvalue weighted by Gasteiger charge is 2.26. The summed E-state index contributed by atoms with van der Waals surface area (Å²) in [5, 5.41) is 35.0. The zero-order valence-corrected chi connectivity index (χ0v) is 36.8. The number of ether oxygens (including phenoxy) is 6. The molecule has 3 aromatic carbocycles. The Bertz CT molecular complexity index is 1290. The number of benzene rings is 3. The van der Waals surface area contributed by atoms with Gasteiger partial charge in [0.25, 0.3) is 0 Å². The van der Waals surface area contributed by atoms with Crippen LogP contribution in [0.3, 0.4) is 0 Å². The minimum absolute atomic E-state index is 0.178. The highest BCUT2D eigenvalue weighted by molar-refractivity contribution is 5.56. The highest BCUT2D eigenvalue weighted by Crippen LogP contribution is 2.42. The van der Waals surface area contributed by atoms with Crippen molar-refractivity contribution in [2.75, 3.05) is 39.6 Å². The summed E-state index contributed by atoms with van der Waals surface area (Å²) in [6.45, 7) is 17.8. The average Bonchev–Trinajstić information content (AvgIpc) is 3.22. The van der Waals surface area contributed by atoms with E-state index >= 15 is 0 Å². The van der Waals surface area contributed by atoms with Crippen LogP contribution in [0.4, 0.5) is 0 Å². The van der Waals surface area contributed by atoms with Gasteiger partial charge in [0.1, 0.15) is 17.2 Å². The van der Waals surface area contributed by atoms with Crippen molar-refractivity contribution in [1.82, 2.24) is 0 Å². The number of phenolic OH excluding ortho intramolecular Hbond substituents is 3. The van der Waals surface area contributed by atoms with Gasteiger partial charge < -0.3 is 43.7 Å².